The predicted molar refractivity (Wildman–Crippen MR) is 76.6 cm³/mol. The summed E-state index contributed by atoms with van der Waals surface area (Å²) in [5, 5.41) is 3.22. The van der Waals surface area contributed by atoms with Gasteiger partial charge in [-0.3, -0.25) is 4.79 Å². The Hall–Kier alpha value is -1.71. The van der Waals surface area contributed by atoms with E-state index in [4.69, 9.17) is 5.73 Å². The lowest BCUT2D eigenvalue weighted by Crippen LogP contribution is -2.31. The molecular formula is C14H23N3O. The van der Waals surface area contributed by atoms with Crippen molar-refractivity contribution in [3.05, 3.63) is 23.8 Å². The lowest BCUT2D eigenvalue weighted by molar-refractivity contribution is -0.130. The van der Waals surface area contributed by atoms with Crippen LogP contribution < -0.4 is 11.1 Å². The van der Waals surface area contributed by atoms with Gasteiger partial charge in [-0.05, 0) is 38.5 Å². The third-order valence-electron chi connectivity index (χ3n) is 2.98. The largest absolute Gasteiger partial charge is 0.397 e. The number of anilines is 2. The molecule has 18 heavy (non-hydrogen) atoms. The van der Waals surface area contributed by atoms with Crippen molar-refractivity contribution in [2.45, 2.75) is 27.2 Å². The molecule has 0 aliphatic carbocycles. The predicted octanol–water partition coefficient (Wildman–Crippen LogP) is 2.25. The van der Waals surface area contributed by atoms with Crippen molar-refractivity contribution in [1.29, 1.82) is 0 Å². The van der Waals surface area contributed by atoms with Gasteiger partial charge in [0, 0.05) is 26.1 Å². The van der Waals surface area contributed by atoms with Crippen molar-refractivity contribution in [2.75, 3.05) is 30.7 Å². The van der Waals surface area contributed by atoms with E-state index in [1.807, 2.05) is 43.9 Å². The summed E-state index contributed by atoms with van der Waals surface area (Å²) in [6, 6.07) is 5.85. The molecule has 1 rings (SSSR count). The van der Waals surface area contributed by atoms with Gasteiger partial charge in [-0.25, -0.2) is 0 Å². The molecule has 100 valence electrons. The van der Waals surface area contributed by atoms with Gasteiger partial charge in [0.1, 0.15) is 0 Å². The van der Waals surface area contributed by atoms with Crippen molar-refractivity contribution in [2.24, 2.45) is 0 Å². The Morgan fingerprint density at radius 1 is 1.33 bits per heavy atom. The van der Waals surface area contributed by atoms with Crippen LogP contribution in [0.1, 0.15) is 25.8 Å². The molecule has 0 bridgehead atoms. The standard InChI is InChI=1S/C14H23N3O/c1-4-17(5-2)14(18)8-9-16-13-10-11(3)6-7-12(13)15/h6-7,10,16H,4-5,8-9,15H2,1-3H3. The van der Waals surface area contributed by atoms with E-state index in [0.29, 0.717) is 13.0 Å². The van der Waals surface area contributed by atoms with Crippen LogP contribution in [0.5, 0.6) is 0 Å². The van der Waals surface area contributed by atoms with Crippen LogP contribution in [0.15, 0.2) is 18.2 Å². The number of rotatable bonds is 6. The summed E-state index contributed by atoms with van der Waals surface area (Å²) in [6.45, 7) is 8.15. The zero-order valence-electron chi connectivity index (χ0n) is 11.5. The number of nitrogen functional groups attached to an aromatic ring is 1. The van der Waals surface area contributed by atoms with Crippen molar-refractivity contribution in [3.63, 3.8) is 0 Å². The number of nitrogens with two attached hydrogens (primary N) is 1. The molecule has 1 amide bonds. The first-order chi connectivity index (χ1) is 8.58. The third-order valence-corrected chi connectivity index (χ3v) is 2.98. The highest BCUT2D eigenvalue weighted by molar-refractivity contribution is 5.77. The second-order valence-corrected chi connectivity index (χ2v) is 4.33. The topological polar surface area (TPSA) is 58.4 Å². The monoisotopic (exact) mass is 249 g/mol. The van der Waals surface area contributed by atoms with E-state index in [-0.39, 0.29) is 5.91 Å². The Labute approximate surface area is 109 Å². The molecular weight excluding hydrogens is 226 g/mol. The Morgan fingerprint density at radius 2 is 2.00 bits per heavy atom. The minimum atomic E-state index is 0.179. The number of hydrogen-bond acceptors (Lipinski definition) is 3. The molecule has 4 heteroatoms. The Bertz CT molecular complexity index is 400. The van der Waals surface area contributed by atoms with E-state index in [2.05, 4.69) is 5.32 Å². The van der Waals surface area contributed by atoms with Gasteiger partial charge in [-0.2, -0.15) is 0 Å². The molecule has 0 saturated carbocycles. The van der Waals surface area contributed by atoms with Crippen LogP contribution in [0.25, 0.3) is 0 Å². The summed E-state index contributed by atoms with van der Waals surface area (Å²) < 4.78 is 0. The van der Waals surface area contributed by atoms with Gasteiger partial charge in [-0.1, -0.05) is 6.07 Å². The maximum absolute atomic E-state index is 11.8. The minimum absolute atomic E-state index is 0.179. The lowest BCUT2D eigenvalue weighted by atomic mass is 10.2. The van der Waals surface area contributed by atoms with Gasteiger partial charge in [0.2, 0.25) is 5.91 Å². The molecule has 0 fully saturated rings. The van der Waals surface area contributed by atoms with Crippen LogP contribution >= 0.6 is 0 Å². The zero-order valence-corrected chi connectivity index (χ0v) is 11.5. The van der Waals surface area contributed by atoms with E-state index in [1.54, 1.807) is 0 Å². The Kier molecular flexibility index (Phi) is 5.49. The first-order valence-corrected chi connectivity index (χ1v) is 6.46. The van der Waals surface area contributed by atoms with Crippen LogP contribution in [-0.4, -0.2) is 30.4 Å². The van der Waals surface area contributed by atoms with Crippen LogP contribution in [0.2, 0.25) is 0 Å². The fourth-order valence-corrected chi connectivity index (χ4v) is 1.86. The second kappa shape index (κ2) is 6.89. The van der Waals surface area contributed by atoms with Crippen molar-refractivity contribution >= 4 is 17.3 Å². The highest BCUT2D eigenvalue weighted by Gasteiger charge is 2.08. The van der Waals surface area contributed by atoms with E-state index >= 15 is 0 Å². The molecule has 0 saturated heterocycles. The Morgan fingerprint density at radius 3 is 2.61 bits per heavy atom. The first-order valence-electron chi connectivity index (χ1n) is 6.46. The van der Waals surface area contributed by atoms with E-state index in [1.165, 1.54) is 0 Å². The van der Waals surface area contributed by atoms with Crippen LogP contribution in [0.3, 0.4) is 0 Å². The van der Waals surface area contributed by atoms with E-state index in [0.717, 1.165) is 30.0 Å². The zero-order chi connectivity index (χ0) is 13.5. The molecule has 1 aromatic rings. The lowest BCUT2D eigenvalue weighted by Gasteiger charge is -2.19. The number of nitrogens with zero attached hydrogens (tertiary/aromatic N) is 1. The van der Waals surface area contributed by atoms with Crippen molar-refractivity contribution < 1.29 is 4.79 Å². The van der Waals surface area contributed by atoms with E-state index in [9.17, 15) is 4.79 Å². The van der Waals surface area contributed by atoms with Crippen LogP contribution in [-0.2, 0) is 4.79 Å². The first kappa shape index (κ1) is 14.4. The quantitative estimate of drug-likeness (QED) is 0.760. The molecule has 0 aliphatic heterocycles. The second-order valence-electron chi connectivity index (χ2n) is 4.33. The number of carbonyl (C=O) groups is 1. The van der Waals surface area contributed by atoms with Gasteiger partial charge in [0.05, 0.1) is 11.4 Å². The number of amides is 1. The minimum Gasteiger partial charge on any atom is -0.397 e. The number of benzene rings is 1. The average molecular weight is 249 g/mol. The molecule has 0 spiro atoms. The van der Waals surface area contributed by atoms with Gasteiger partial charge in [0.15, 0.2) is 0 Å². The van der Waals surface area contributed by atoms with Gasteiger partial charge in [-0.15, -0.1) is 0 Å². The molecule has 3 N–H and O–H groups in total. The SMILES string of the molecule is CCN(CC)C(=O)CCNc1cc(C)ccc1N. The molecule has 0 atom stereocenters. The summed E-state index contributed by atoms with van der Waals surface area (Å²) in [5.74, 6) is 0.179. The van der Waals surface area contributed by atoms with E-state index < -0.39 is 0 Å². The Balaban J connectivity index is 2.46. The molecule has 0 radical (unpaired) electrons. The molecule has 4 nitrogen and oxygen atoms in total. The van der Waals surface area contributed by atoms with Crippen LogP contribution in [0, 0.1) is 6.92 Å². The summed E-state index contributed by atoms with van der Waals surface area (Å²) in [6.07, 6.45) is 0.495. The average Bonchev–Trinajstić information content (AvgIpc) is 2.35. The molecule has 0 aliphatic rings. The van der Waals surface area contributed by atoms with Gasteiger partial charge >= 0.3 is 0 Å². The maximum Gasteiger partial charge on any atom is 0.224 e. The van der Waals surface area contributed by atoms with Gasteiger partial charge < -0.3 is 16.0 Å². The van der Waals surface area contributed by atoms with Crippen molar-refractivity contribution in [1.82, 2.24) is 4.90 Å². The summed E-state index contributed by atoms with van der Waals surface area (Å²) in [4.78, 5) is 13.6. The third kappa shape index (κ3) is 3.95. The number of carbonyl (C=O) groups excluding carboxylic acids is 1. The fourth-order valence-electron chi connectivity index (χ4n) is 1.86. The fraction of sp³-hybridized carbons (Fsp3) is 0.500. The molecule has 0 heterocycles. The molecule has 0 aromatic heterocycles. The summed E-state index contributed by atoms with van der Waals surface area (Å²) in [5.41, 5.74) is 8.64. The maximum atomic E-state index is 11.8. The smallest absolute Gasteiger partial charge is 0.224 e. The summed E-state index contributed by atoms with van der Waals surface area (Å²) >= 11 is 0. The van der Waals surface area contributed by atoms with Crippen molar-refractivity contribution in [3.8, 4) is 0 Å². The highest BCUT2D eigenvalue weighted by Crippen LogP contribution is 2.19. The van der Waals surface area contributed by atoms with Crippen LogP contribution in [0.4, 0.5) is 11.4 Å². The number of hydrogen-bond donors (Lipinski definition) is 2. The number of nitrogens with one attached hydrogen (secondary N) is 1. The normalized spacial score (nSPS) is 10.2. The molecule has 0 unspecified atom stereocenters. The number of aryl methyl sites for hydroxylation is 1. The summed E-state index contributed by atoms with van der Waals surface area (Å²) in [7, 11) is 0. The highest BCUT2D eigenvalue weighted by atomic mass is 16.2. The molecule has 1 aromatic carbocycles. The van der Waals surface area contributed by atoms with Gasteiger partial charge in [0.25, 0.3) is 0 Å².